The van der Waals surface area contributed by atoms with Crippen LogP contribution in [0.25, 0.3) is 0 Å². The maximum Gasteiger partial charge on any atom is 0.338 e. The SMILES string of the molecule is CCOC(=O)C1=C(C)NC(=O)N[C@H]1c1ccc(O[C@H](C)C(=O)[O-])c(OC)c1. The number of ether oxygens (including phenoxy) is 3. The molecule has 2 rings (SSSR count). The van der Waals surface area contributed by atoms with E-state index >= 15 is 0 Å². The van der Waals surface area contributed by atoms with Gasteiger partial charge >= 0.3 is 12.0 Å². The second-order valence-corrected chi connectivity index (χ2v) is 5.78. The summed E-state index contributed by atoms with van der Waals surface area (Å²) in [6.07, 6.45) is -1.18. The molecule has 0 saturated carbocycles. The van der Waals surface area contributed by atoms with Gasteiger partial charge < -0.3 is 34.7 Å². The molecule has 1 aromatic rings. The van der Waals surface area contributed by atoms with Crippen molar-refractivity contribution in [3.05, 3.63) is 35.0 Å². The third kappa shape index (κ3) is 4.49. The largest absolute Gasteiger partial charge is 0.546 e. The number of amides is 2. The molecule has 0 fully saturated rings. The summed E-state index contributed by atoms with van der Waals surface area (Å²) in [5, 5.41) is 16.1. The van der Waals surface area contributed by atoms with E-state index in [1.165, 1.54) is 20.1 Å². The summed E-state index contributed by atoms with van der Waals surface area (Å²) in [5.74, 6) is -1.49. The van der Waals surface area contributed by atoms with Gasteiger partial charge in [0, 0.05) is 5.70 Å². The Kier molecular flexibility index (Phi) is 6.27. The van der Waals surface area contributed by atoms with Crippen molar-refractivity contribution in [3.8, 4) is 11.5 Å². The predicted molar refractivity (Wildman–Crippen MR) is 91.8 cm³/mol. The molecule has 0 unspecified atom stereocenters. The number of esters is 1. The van der Waals surface area contributed by atoms with Crippen LogP contribution in [-0.4, -0.2) is 37.8 Å². The van der Waals surface area contributed by atoms with Crippen LogP contribution < -0.4 is 25.2 Å². The molecule has 9 nitrogen and oxygen atoms in total. The van der Waals surface area contributed by atoms with Crippen molar-refractivity contribution in [3.63, 3.8) is 0 Å². The highest BCUT2D eigenvalue weighted by Crippen LogP contribution is 2.35. The molecule has 0 bridgehead atoms. The van der Waals surface area contributed by atoms with Crippen LogP contribution in [0.3, 0.4) is 0 Å². The zero-order valence-corrected chi connectivity index (χ0v) is 15.5. The van der Waals surface area contributed by atoms with E-state index in [-0.39, 0.29) is 23.7 Å². The van der Waals surface area contributed by atoms with E-state index < -0.39 is 30.1 Å². The van der Waals surface area contributed by atoms with Gasteiger partial charge in [0.15, 0.2) is 11.5 Å². The molecular formula is C18H21N2O7-. The minimum absolute atomic E-state index is 0.188. The van der Waals surface area contributed by atoms with Gasteiger partial charge in [0.25, 0.3) is 0 Å². The number of carbonyl (C=O) groups excluding carboxylic acids is 3. The van der Waals surface area contributed by atoms with E-state index in [1.807, 2.05) is 0 Å². The summed E-state index contributed by atoms with van der Waals surface area (Å²) < 4.78 is 15.6. The lowest BCUT2D eigenvalue weighted by atomic mass is 9.95. The second-order valence-electron chi connectivity index (χ2n) is 5.78. The van der Waals surface area contributed by atoms with Crippen LogP contribution in [0.2, 0.25) is 0 Å². The number of hydrogen-bond donors (Lipinski definition) is 2. The zero-order chi connectivity index (χ0) is 20.1. The smallest absolute Gasteiger partial charge is 0.338 e. The third-order valence-corrected chi connectivity index (χ3v) is 3.92. The van der Waals surface area contributed by atoms with Crippen LogP contribution in [0.5, 0.6) is 11.5 Å². The number of rotatable bonds is 7. The Morgan fingerprint density at radius 1 is 1.30 bits per heavy atom. The van der Waals surface area contributed by atoms with Crippen LogP contribution in [-0.2, 0) is 14.3 Å². The number of urea groups is 1. The van der Waals surface area contributed by atoms with E-state index in [0.29, 0.717) is 11.3 Å². The first-order chi connectivity index (χ1) is 12.8. The van der Waals surface area contributed by atoms with Gasteiger partial charge in [0.1, 0.15) is 6.10 Å². The molecule has 146 valence electrons. The molecule has 1 aromatic carbocycles. The Morgan fingerprint density at radius 2 is 2.00 bits per heavy atom. The molecule has 2 atom stereocenters. The summed E-state index contributed by atoms with van der Waals surface area (Å²) in [4.78, 5) is 35.1. The van der Waals surface area contributed by atoms with Gasteiger partial charge in [-0.05, 0) is 38.5 Å². The van der Waals surface area contributed by atoms with Gasteiger partial charge in [0.05, 0.1) is 31.3 Å². The second kappa shape index (κ2) is 8.43. The highest BCUT2D eigenvalue weighted by molar-refractivity contribution is 5.95. The quantitative estimate of drug-likeness (QED) is 0.659. The minimum Gasteiger partial charge on any atom is -0.546 e. The molecule has 2 N–H and O–H groups in total. The number of nitrogens with one attached hydrogen (secondary N) is 2. The number of benzene rings is 1. The number of allylic oxidation sites excluding steroid dienone is 1. The fourth-order valence-corrected chi connectivity index (χ4v) is 2.62. The van der Waals surface area contributed by atoms with E-state index in [2.05, 4.69) is 10.6 Å². The Labute approximate surface area is 156 Å². The summed E-state index contributed by atoms with van der Waals surface area (Å²) in [5.41, 5.74) is 1.18. The van der Waals surface area contributed by atoms with E-state index in [0.717, 1.165) is 0 Å². The standard InChI is InChI=1S/C18H22N2O7/c1-5-26-17(23)14-9(2)19-18(24)20-15(14)11-6-7-12(13(8-11)25-4)27-10(3)16(21)22/h6-8,10,15H,5H2,1-4H3,(H,21,22)(H2,19,20,24)/p-1/t10-,15+/m1/s1. The van der Waals surface area contributed by atoms with E-state index in [4.69, 9.17) is 14.2 Å². The maximum absolute atomic E-state index is 12.3. The number of carboxylic acid groups (broad SMARTS) is 1. The number of hydrogen-bond acceptors (Lipinski definition) is 7. The maximum atomic E-state index is 12.3. The lowest BCUT2D eigenvalue weighted by Crippen LogP contribution is -2.45. The van der Waals surface area contributed by atoms with Crippen molar-refractivity contribution in [2.24, 2.45) is 0 Å². The first-order valence-electron chi connectivity index (χ1n) is 8.29. The molecular weight excluding hydrogens is 356 g/mol. The Hall–Kier alpha value is -3.23. The van der Waals surface area contributed by atoms with Crippen molar-refractivity contribution in [2.45, 2.75) is 32.9 Å². The highest BCUT2D eigenvalue weighted by Gasteiger charge is 2.32. The normalized spacial score (nSPS) is 17.5. The van der Waals surface area contributed by atoms with Gasteiger partial charge in [-0.1, -0.05) is 6.07 Å². The first-order valence-corrected chi connectivity index (χ1v) is 8.29. The molecule has 0 radical (unpaired) electrons. The average Bonchev–Trinajstić information content (AvgIpc) is 2.61. The van der Waals surface area contributed by atoms with Gasteiger partial charge in [0.2, 0.25) is 0 Å². The molecule has 2 amide bonds. The van der Waals surface area contributed by atoms with Crippen molar-refractivity contribution in [1.29, 1.82) is 0 Å². The topological polar surface area (TPSA) is 126 Å². The van der Waals surface area contributed by atoms with E-state index in [1.54, 1.807) is 26.0 Å². The average molecular weight is 377 g/mol. The fourth-order valence-electron chi connectivity index (χ4n) is 2.62. The van der Waals surface area contributed by atoms with Crippen LogP contribution in [0.1, 0.15) is 32.4 Å². The monoisotopic (exact) mass is 377 g/mol. The number of carbonyl (C=O) groups is 3. The number of methoxy groups -OCH3 is 1. The fraction of sp³-hybridized carbons (Fsp3) is 0.389. The zero-order valence-electron chi connectivity index (χ0n) is 15.5. The van der Waals surface area contributed by atoms with Crippen molar-refractivity contribution < 1.29 is 33.7 Å². The lowest BCUT2D eigenvalue weighted by Gasteiger charge is -2.28. The Balaban J connectivity index is 2.42. The number of carboxylic acids is 1. The van der Waals surface area contributed by atoms with Gasteiger partial charge in [-0.2, -0.15) is 0 Å². The Bertz CT molecular complexity index is 788. The van der Waals surface area contributed by atoms with Gasteiger partial charge in [-0.25, -0.2) is 9.59 Å². The van der Waals surface area contributed by atoms with Crippen molar-refractivity contribution in [2.75, 3.05) is 13.7 Å². The summed E-state index contributed by atoms with van der Waals surface area (Å²) in [6.45, 7) is 4.81. The summed E-state index contributed by atoms with van der Waals surface area (Å²) >= 11 is 0. The van der Waals surface area contributed by atoms with Crippen LogP contribution in [0, 0.1) is 0 Å². The molecule has 9 heteroatoms. The molecule has 0 saturated heterocycles. The van der Waals surface area contributed by atoms with Gasteiger partial charge in [-0.15, -0.1) is 0 Å². The first kappa shape index (κ1) is 20.1. The van der Waals surface area contributed by atoms with Crippen LogP contribution >= 0.6 is 0 Å². The molecule has 1 heterocycles. The van der Waals surface area contributed by atoms with Crippen LogP contribution in [0.15, 0.2) is 29.5 Å². The van der Waals surface area contributed by atoms with Gasteiger partial charge in [-0.3, -0.25) is 0 Å². The van der Waals surface area contributed by atoms with Crippen molar-refractivity contribution in [1.82, 2.24) is 10.6 Å². The molecule has 27 heavy (non-hydrogen) atoms. The Morgan fingerprint density at radius 3 is 2.59 bits per heavy atom. The molecule has 0 aliphatic carbocycles. The summed E-state index contributed by atoms with van der Waals surface area (Å²) in [6, 6.07) is 3.43. The minimum atomic E-state index is -1.37. The molecule has 1 aliphatic heterocycles. The van der Waals surface area contributed by atoms with E-state index in [9.17, 15) is 19.5 Å². The highest BCUT2D eigenvalue weighted by atomic mass is 16.5. The molecule has 0 spiro atoms. The predicted octanol–water partition coefficient (Wildman–Crippen LogP) is 0.403. The molecule has 0 aromatic heterocycles. The van der Waals surface area contributed by atoms with Crippen molar-refractivity contribution >= 4 is 18.0 Å². The lowest BCUT2D eigenvalue weighted by molar-refractivity contribution is -0.312. The molecule has 1 aliphatic rings. The third-order valence-electron chi connectivity index (χ3n) is 3.92. The summed E-state index contributed by atoms with van der Waals surface area (Å²) in [7, 11) is 1.39. The number of aliphatic carboxylic acids is 1. The van der Waals surface area contributed by atoms with Crippen LogP contribution in [0.4, 0.5) is 4.79 Å².